The Morgan fingerprint density at radius 3 is 2.68 bits per heavy atom. The Hall–Kier alpha value is -1.31. The molecule has 0 aliphatic heterocycles. The average molecular weight is 306 g/mol. The van der Waals surface area contributed by atoms with Gasteiger partial charge in [-0.3, -0.25) is 4.79 Å². The van der Waals surface area contributed by atoms with E-state index in [0.29, 0.717) is 6.54 Å². The first-order valence-electron chi connectivity index (χ1n) is 5.69. The van der Waals surface area contributed by atoms with Gasteiger partial charge in [0.05, 0.1) is 10.7 Å². The van der Waals surface area contributed by atoms with E-state index >= 15 is 0 Å². The molecular formula is C11H16ClN3O3S. The molecule has 1 aromatic rings. The predicted octanol–water partition coefficient (Wildman–Crippen LogP) is 0.727. The van der Waals surface area contributed by atoms with E-state index in [1.54, 1.807) is 13.0 Å². The van der Waals surface area contributed by atoms with E-state index in [4.69, 9.17) is 17.3 Å². The van der Waals surface area contributed by atoms with Crippen molar-refractivity contribution in [3.05, 3.63) is 23.2 Å². The molecule has 1 amide bonds. The molecule has 0 saturated carbocycles. The van der Waals surface area contributed by atoms with Crippen LogP contribution in [0.2, 0.25) is 5.02 Å². The molecule has 1 aromatic carbocycles. The summed E-state index contributed by atoms with van der Waals surface area (Å²) in [6.45, 7) is 2.27. The van der Waals surface area contributed by atoms with Crippen molar-refractivity contribution in [1.82, 2.24) is 10.0 Å². The number of benzene rings is 1. The minimum absolute atomic E-state index is 0.0150. The van der Waals surface area contributed by atoms with Crippen molar-refractivity contribution in [2.45, 2.75) is 18.2 Å². The van der Waals surface area contributed by atoms with Gasteiger partial charge in [0, 0.05) is 19.5 Å². The Labute approximate surface area is 117 Å². The molecule has 106 valence electrons. The highest BCUT2D eigenvalue weighted by atomic mass is 35.5. The van der Waals surface area contributed by atoms with E-state index in [1.807, 2.05) is 0 Å². The summed E-state index contributed by atoms with van der Waals surface area (Å²) in [6, 6.07) is 4.45. The van der Waals surface area contributed by atoms with Crippen molar-refractivity contribution in [2.24, 2.45) is 0 Å². The Balaban J connectivity index is 2.74. The molecule has 0 radical (unpaired) electrons. The highest BCUT2D eigenvalue weighted by molar-refractivity contribution is 7.89. The van der Waals surface area contributed by atoms with Crippen LogP contribution in [0.25, 0.3) is 0 Å². The first-order chi connectivity index (χ1) is 8.88. The minimum atomic E-state index is -3.82. The smallest absolute Gasteiger partial charge is 0.244 e. The number of halogens is 1. The summed E-state index contributed by atoms with van der Waals surface area (Å²) in [7, 11) is -3.82. The fourth-order valence-electron chi connectivity index (χ4n) is 1.47. The van der Waals surface area contributed by atoms with E-state index in [2.05, 4.69) is 10.0 Å². The van der Waals surface area contributed by atoms with Crippen molar-refractivity contribution >= 4 is 33.2 Å². The number of amides is 1. The normalized spacial score (nSPS) is 11.3. The molecule has 0 bridgehead atoms. The van der Waals surface area contributed by atoms with E-state index < -0.39 is 10.0 Å². The van der Waals surface area contributed by atoms with E-state index in [-0.39, 0.29) is 34.5 Å². The second-order valence-electron chi connectivity index (χ2n) is 3.76. The molecular weight excluding hydrogens is 290 g/mol. The van der Waals surface area contributed by atoms with Crippen LogP contribution >= 0.6 is 11.6 Å². The van der Waals surface area contributed by atoms with E-state index in [9.17, 15) is 13.2 Å². The van der Waals surface area contributed by atoms with Gasteiger partial charge in [-0.05, 0) is 19.1 Å². The number of carbonyl (C=O) groups excluding carboxylic acids is 1. The van der Waals surface area contributed by atoms with Crippen LogP contribution in [0.3, 0.4) is 0 Å². The quantitative estimate of drug-likeness (QED) is 0.674. The lowest BCUT2D eigenvalue weighted by molar-refractivity contribution is -0.120. The number of carbonyl (C=O) groups is 1. The Bertz CT molecular complexity index is 540. The maximum absolute atomic E-state index is 12.0. The molecule has 0 aliphatic carbocycles. The number of nitrogens with one attached hydrogen (secondary N) is 2. The Morgan fingerprint density at radius 1 is 1.42 bits per heavy atom. The molecule has 19 heavy (non-hydrogen) atoms. The van der Waals surface area contributed by atoms with Crippen LogP contribution in [0.15, 0.2) is 23.1 Å². The number of rotatable bonds is 6. The Kier molecular flexibility index (Phi) is 5.59. The second-order valence-corrected chi connectivity index (χ2v) is 5.87. The first-order valence-corrected chi connectivity index (χ1v) is 7.55. The summed E-state index contributed by atoms with van der Waals surface area (Å²) in [5.41, 5.74) is 5.67. The standard InChI is InChI=1S/C11H16ClN3O3S/c1-2-14-10(16)6-7-15-19(17,18)11-8(12)4-3-5-9(11)13/h3-5,15H,2,6-7,13H2,1H3,(H,14,16). The molecule has 4 N–H and O–H groups in total. The monoisotopic (exact) mass is 305 g/mol. The number of hydrogen-bond acceptors (Lipinski definition) is 4. The van der Waals surface area contributed by atoms with Gasteiger partial charge < -0.3 is 11.1 Å². The largest absolute Gasteiger partial charge is 0.398 e. The highest BCUT2D eigenvalue weighted by Crippen LogP contribution is 2.26. The van der Waals surface area contributed by atoms with Gasteiger partial charge in [-0.25, -0.2) is 13.1 Å². The molecule has 8 heteroatoms. The molecule has 1 rings (SSSR count). The lowest BCUT2D eigenvalue weighted by Crippen LogP contribution is -2.31. The molecule has 6 nitrogen and oxygen atoms in total. The third-order valence-corrected chi connectivity index (χ3v) is 4.29. The lowest BCUT2D eigenvalue weighted by Gasteiger charge is -2.10. The number of anilines is 1. The van der Waals surface area contributed by atoms with Gasteiger partial charge in [-0.15, -0.1) is 0 Å². The van der Waals surface area contributed by atoms with Crippen LogP contribution < -0.4 is 15.8 Å². The molecule has 0 aliphatic rings. The second kappa shape index (κ2) is 6.74. The van der Waals surface area contributed by atoms with Crippen molar-refractivity contribution in [1.29, 1.82) is 0 Å². The van der Waals surface area contributed by atoms with Crippen molar-refractivity contribution in [2.75, 3.05) is 18.8 Å². The van der Waals surface area contributed by atoms with Gasteiger partial charge in [-0.1, -0.05) is 17.7 Å². The zero-order chi connectivity index (χ0) is 14.5. The van der Waals surface area contributed by atoms with Crippen LogP contribution in [-0.2, 0) is 14.8 Å². The van der Waals surface area contributed by atoms with Gasteiger partial charge in [0.1, 0.15) is 4.90 Å². The minimum Gasteiger partial charge on any atom is -0.398 e. The van der Waals surface area contributed by atoms with Crippen molar-refractivity contribution in [3.63, 3.8) is 0 Å². The van der Waals surface area contributed by atoms with Crippen LogP contribution in [0.5, 0.6) is 0 Å². The van der Waals surface area contributed by atoms with E-state index in [1.165, 1.54) is 12.1 Å². The zero-order valence-electron chi connectivity index (χ0n) is 10.4. The maximum atomic E-state index is 12.0. The number of hydrogen-bond donors (Lipinski definition) is 3. The van der Waals surface area contributed by atoms with E-state index in [0.717, 1.165) is 0 Å². The van der Waals surface area contributed by atoms with Crippen molar-refractivity contribution in [3.8, 4) is 0 Å². The summed E-state index contributed by atoms with van der Waals surface area (Å²) in [5, 5.41) is 2.62. The fourth-order valence-corrected chi connectivity index (χ4v) is 3.17. The van der Waals surface area contributed by atoms with Gasteiger partial charge >= 0.3 is 0 Å². The molecule has 0 heterocycles. The molecule has 0 unspecified atom stereocenters. The highest BCUT2D eigenvalue weighted by Gasteiger charge is 2.20. The zero-order valence-corrected chi connectivity index (χ0v) is 12.0. The fraction of sp³-hybridized carbons (Fsp3) is 0.364. The third kappa shape index (κ3) is 4.38. The molecule has 0 atom stereocenters. The molecule has 0 saturated heterocycles. The molecule has 0 fully saturated rings. The first kappa shape index (κ1) is 15.7. The van der Waals surface area contributed by atoms with Crippen molar-refractivity contribution < 1.29 is 13.2 Å². The number of sulfonamides is 1. The van der Waals surface area contributed by atoms with Crippen LogP contribution in [0.4, 0.5) is 5.69 Å². The average Bonchev–Trinajstić information content (AvgIpc) is 2.28. The number of nitrogens with two attached hydrogens (primary N) is 1. The van der Waals surface area contributed by atoms with Gasteiger partial charge in [0.2, 0.25) is 15.9 Å². The van der Waals surface area contributed by atoms with Gasteiger partial charge in [0.15, 0.2) is 0 Å². The summed E-state index contributed by atoms with van der Waals surface area (Å²) < 4.78 is 26.3. The van der Waals surface area contributed by atoms with Gasteiger partial charge in [0.25, 0.3) is 0 Å². The summed E-state index contributed by atoms with van der Waals surface area (Å²) in [4.78, 5) is 11.0. The summed E-state index contributed by atoms with van der Waals surface area (Å²) in [6.07, 6.45) is 0.0530. The summed E-state index contributed by atoms with van der Waals surface area (Å²) in [5.74, 6) is -0.225. The molecule has 0 aromatic heterocycles. The van der Waals surface area contributed by atoms with Crippen LogP contribution in [0, 0.1) is 0 Å². The molecule has 0 spiro atoms. The third-order valence-electron chi connectivity index (χ3n) is 2.28. The summed E-state index contributed by atoms with van der Waals surface area (Å²) >= 11 is 5.83. The van der Waals surface area contributed by atoms with Crippen LogP contribution in [0.1, 0.15) is 13.3 Å². The Morgan fingerprint density at radius 2 is 2.11 bits per heavy atom. The van der Waals surface area contributed by atoms with Gasteiger partial charge in [-0.2, -0.15) is 0 Å². The number of nitrogen functional groups attached to an aromatic ring is 1. The van der Waals surface area contributed by atoms with Crippen LogP contribution in [-0.4, -0.2) is 27.4 Å². The lowest BCUT2D eigenvalue weighted by atomic mass is 10.3. The maximum Gasteiger partial charge on any atom is 0.244 e. The predicted molar refractivity (Wildman–Crippen MR) is 74.4 cm³/mol. The topological polar surface area (TPSA) is 101 Å². The SMILES string of the molecule is CCNC(=O)CCNS(=O)(=O)c1c(N)cccc1Cl.